The molecule has 7 heteroatoms. The minimum Gasteiger partial charge on any atom is -0.444 e. The molecule has 2 rings (SSSR count). The molecule has 0 spiro atoms. The van der Waals surface area contributed by atoms with E-state index in [0.29, 0.717) is 31.9 Å². The third-order valence-electron chi connectivity index (χ3n) is 3.39. The van der Waals surface area contributed by atoms with Gasteiger partial charge >= 0.3 is 6.09 Å². The summed E-state index contributed by atoms with van der Waals surface area (Å²) in [4.78, 5) is 29.5. The Kier molecular flexibility index (Phi) is 5.01. The fourth-order valence-corrected chi connectivity index (χ4v) is 2.37. The number of rotatable bonds is 2. The number of carbonyl (C=O) groups excluding carboxylic acids is 2. The van der Waals surface area contributed by atoms with Gasteiger partial charge in [-0.3, -0.25) is 0 Å². The van der Waals surface area contributed by atoms with Gasteiger partial charge in [-0.2, -0.15) is 4.99 Å². The van der Waals surface area contributed by atoms with Crippen molar-refractivity contribution in [3.05, 3.63) is 24.0 Å². The Balaban J connectivity index is 2.07. The Morgan fingerprint density at radius 1 is 1.26 bits per heavy atom. The predicted octanol–water partition coefficient (Wildman–Crippen LogP) is 2.85. The Hall–Kier alpha value is -2.40. The summed E-state index contributed by atoms with van der Waals surface area (Å²) in [6.07, 6.45) is 1.02. The molecule has 1 aromatic carbocycles. The molecular formula is C16H20FN3O3. The van der Waals surface area contributed by atoms with Crippen molar-refractivity contribution in [2.24, 2.45) is 4.99 Å². The molecule has 0 saturated carbocycles. The van der Waals surface area contributed by atoms with Crippen LogP contribution < -0.4 is 4.90 Å². The molecule has 0 bridgehead atoms. The molecule has 1 fully saturated rings. The van der Waals surface area contributed by atoms with E-state index in [0.717, 1.165) is 0 Å². The maximum absolute atomic E-state index is 13.8. The van der Waals surface area contributed by atoms with Crippen LogP contribution in [-0.2, 0) is 9.53 Å². The first kappa shape index (κ1) is 17.0. The number of carbonyl (C=O) groups is 1. The Bertz CT molecular complexity index is 628. The smallest absolute Gasteiger partial charge is 0.410 e. The van der Waals surface area contributed by atoms with Crippen molar-refractivity contribution < 1.29 is 18.7 Å². The SMILES string of the molecule is CC(C)(C)OC(=O)N1CCN(c2cccc(F)c2N=C=O)CC1. The number of halogens is 1. The molecule has 0 aliphatic carbocycles. The normalized spacial score (nSPS) is 15.1. The van der Waals surface area contributed by atoms with Gasteiger partial charge in [0.15, 0.2) is 5.82 Å². The molecule has 1 aliphatic heterocycles. The second-order valence-electron chi connectivity index (χ2n) is 6.27. The van der Waals surface area contributed by atoms with Crippen LogP contribution in [0.4, 0.5) is 20.6 Å². The van der Waals surface area contributed by atoms with Gasteiger partial charge in [-0.25, -0.2) is 14.0 Å². The van der Waals surface area contributed by atoms with Gasteiger partial charge < -0.3 is 14.5 Å². The van der Waals surface area contributed by atoms with Crippen molar-refractivity contribution in [3.8, 4) is 0 Å². The second-order valence-corrected chi connectivity index (χ2v) is 6.27. The highest BCUT2D eigenvalue weighted by molar-refractivity contribution is 5.72. The monoisotopic (exact) mass is 321 g/mol. The number of hydrogen-bond donors (Lipinski definition) is 0. The summed E-state index contributed by atoms with van der Waals surface area (Å²) in [7, 11) is 0. The molecular weight excluding hydrogens is 301 g/mol. The number of piperazine rings is 1. The van der Waals surface area contributed by atoms with Crippen LogP contribution in [0.1, 0.15) is 20.8 Å². The molecule has 1 heterocycles. The van der Waals surface area contributed by atoms with Crippen molar-refractivity contribution in [3.63, 3.8) is 0 Å². The molecule has 0 aromatic heterocycles. The average molecular weight is 321 g/mol. The Morgan fingerprint density at radius 2 is 1.91 bits per heavy atom. The van der Waals surface area contributed by atoms with Gasteiger partial charge in [0.1, 0.15) is 11.3 Å². The van der Waals surface area contributed by atoms with Crippen LogP contribution >= 0.6 is 0 Å². The molecule has 0 radical (unpaired) electrons. The maximum atomic E-state index is 13.8. The highest BCUT2D eigenvalue weighted by Crippen LogP contribution is 2.31. The van der Waals surface area contributed by atoms with Crippen molar-refractivity contribution in [1.29, 1.82) is 0 Å². The minimum absolute atomic E-state index is 0.0202. The number of nitrogens with zero attached hydrogens (tertiary/aromatic N) is 3. The van der Waals surface area contributed by atoms with Crippen LogP contribution in [0.5, 0.6) is 0 Å². The zero-order valence-electron chi connectivity index (χ0n) is 13.5. The van der Waals surface area contributed by atoms with Crippen LogP contribution in [0.15, 0.2) is 23.2 Å². The van der Waals surface area contributed by atoms with E-state index < -0.39 is 11.4 Å². The van der Waals surface area contributed by atoms with E-state index in [1.807, 2.05) is 25.7 Å². The van der Waals surface area contributed by atoms with Gasteiger partial charge in [-0.05, 0) is 32.9 Å². The van der Waals surface area contributed by atoms with Crippen LogP contribution in [0.3, 0.4) is 0 Å². The van der Waals surface area contributed by atoms with Crippen LogP contribution in [0.25, 0.3) is 0 Å². The Labute approximate surface area is 134 Å². The summed E-state index contributed by atoms with van der Waals surface area (Å²) >= 11 is 0. The number of benzene rings is 1. The lowest BCUT2D eigenvalue weighted by molar-refractivity contribution is 0.0240. The van der Waals surface area contributed by atoms with E-state index >= 15 is 0 Å². The highest BCUT2D eigenvalue weighted by Gasteiger charge is 2.27. The van der Waals surface area contributed by atoms with Gasteiger partial charge in [0.25, 0.3) is 0 Å². The number of ether oxygens (including phenoxy) is 1. The first-order chi connectivity index (χ1) is 10.8. The van der Waals surface area contributed by atoms with Gasteiger partial charge in [0.05, 0.1) is 5.69 Å². The largest absolute Gasteiger partial charge is 0.444 e. The van der Waals surface area contributed by atoms with Crippen molar-refractivity contribution >= 4 is 23.5 Å². The minimum atomic E-state index is -0.569. The maximum Gasteiger partial charge on any atom is 0.410 e. The number of hydrogen-bond acceptors (Lipinski definition) is 5. The number of para-hydroxylation sites is 1. The summed E-state index contributed by atoms with van der Waals surface area (Å²) in [5, 5.41) is 0. The van der Waals surface area contributed by atoms with Crippen molar-refractivity contribution in [1.82, 2.24) is 4.90 Å². The molecule has 1 aromatic rings. The quantitative estimate of drug-likeness (QED) is 0.621. The third kappa shape index (κ3) is 4.29. The number of aliphatic imine (C=N–C) groups is 1. The number of isocyanates is 1. The summed E-state index contributed by atoms with van der Waals surface area (Å²) in [5.41, 5.74) is -0.0341. The third-order valence-corrected chi connectivity index (χ3v) is 3.39. The number of amides is 1. The Morgan fingerprint density at radius 3 is 2.48 bits per heavy atom. The highest BCUT2D eigenvalue weighted by atomic mass is 19.1. The molecule has 1 amide bonds. The first-order valence-electron chi connectivity index (χ1n) is 7.41. The van der Waals surface area contributed by atoms with Crippen LogP contribution in [0, 0.1) is 5.82 Å². The van der Waals surface area contributed by atoms with E-state index in [1.54, 1.807) is 17.0 Å². The van der Waals surface area contributed by atoms with Crippen molar-refractivity contribution in [2.45, 2.75) is 26.4 Å². The van der Waals surface area contributed by atoms with E-state index in [4.69, 9.17) is 4.74 Å². The second kappa shape index (κ2) is 6.79. The molecule has 124 valence electrons. The topological polar surface area (TPSA) is 62.2 Å². The summed E-state index contributed by atoms with van der Waals surface area (Å²) in [6.45, 7) is 7.37. The zero-order valence-corrected chi connectivity index (χ0v) is 13.5. The fourth-order valence-electron chi connectivity index (χ4n) is 2.37. The van der Waals surface area contributed by atoms with Crippen LogP contribution in [0.2, 0.25) is 0 Å². The van der Waals surface area contributed by atoms with Crippen LogP contribution in [-0.4, -0.2) is 48.9 Å². The molecule has 0 unspecified atom stereocenters. The van der Waals surface area contributed by atoms with Gasteiger partial charge in [-0.1, -0.05) is 6.07 Å². The molecule has 0 N–H and O–H groups in total. The summed E-state index contributed by atoms with van der Waals surface area (Å²) in [5.74, 6) is -0.569. The first-order valence-corrected chi connectivity index (χ1v) is 7.41. The fraction of sp³-hybridized carbons (Fsp3) is 0.500. The predicted molar refractivity (Wildman–Crippen MR) is 84.2 cm³/mol. The standard InChI is InChI=1S/C16H20FN3O3/c1-16(2,3)23-15(22)20-9-7-19(8-10-20)13-6-4-5-12(17)14(13)18-11-21/h4-6H,7-10H2,1-3H3. The average Bonchev–Trinajstić information content (AvgIpc) is 2.48. The molecule has 0 atom stereocenters. The zero-order chi connectivity index (χ0) is 17.0. The van der Waals surface area contributed by atoms with Gasteiger partial charge in [-0.15, -0.1) is 0 Å². The van der Waals surface area contributed by atoms with Gasteiger partial charge in [0, 0.05) is 26.2 Å². The van der Waals surface area contributed by atoms with Crippen molar-refractivity contribution in [2.75, 3.05) is 31.1 Å². The van der Waals surface area contributed by atoms with E-state index in [1.165, 1.54) is 12.1 Å². The van der Waals surface area contributed by atoms with E-state index in [9.17, 15) is 14.0 Å². The summed E-state index contributed by atoms with van der Waals surface area (Å²) < 4.78 is 19.1. The lowest BCUT2D eigenvalue weighted by Gasteiger charge is -2.37. The summed E-state index contributed by atoms with van der Waals surface area (Å²) in [6, 6.07) is 4.51. The lowest BCUT2D eigenvalue weighted by Crippen LogP contribution is -2.50. The van der Waals surface area contributed by atoms with E-state index in [-0.39, 0.29) is 11.8 Å². The molecule has 1 saturated heterocycles. The molecule has 6 nitrogen and oxygen atoms in total. The molecule has 1 aliphatic rings. The number of anilines is 1. The van der Waals surface area contributed by atoms with Gasteiger partial charge in [0.2, 0.25) is 6.08 Å². The molecule has 23 heavy (non-hydrogen) atoms. The van der Waals surface area contributed by atoms with E-state index in [2.05, 4.69) is 4.99 Å². The lowest BCUT2D eigenvalue weighted by atomic mass is 10.2.